The first-order valence-electron chi connectivity index (χ1n) is 38.2. The second kappa shape index (κ2) is 63.5. The summed E-state index contributed by atoms with van der Waals surface area (Å²) >= 11 is 0. The van der Waals surface area contributed by atoms with Crippen LogP contribution in [0.5, 0.6) is 0 Å². The molecule has 0 aliphatic rings. The molecule has 17 nitrogen and oxygen atoms in total. The van der Waals surface area contributed by atoms with E-state index < -0.39 is 97.5 Å². The van der Waals surface area contributed by atoms with Crippen LogP contribution >= 0.6 is 15.6 Å². The van der Waals surface area contributed by atoms with Crippen molar-refractivity contribution in [2.75, 3.05) is 39.6 Å². The Bertz CT molecular complexity index is 1830. The van der Waals surface area contributed by atoms with Gasteiger partial charge in [-0.2, -0.15) is 0 Å². The first-order valence-corrected chi connectivity index (χ1v) is 41.2. The minimum absolute atomic E-state index is 0.103. The van der Waals surface area contributed by atoms with Gasteiger partial charge < -0.3 is 33.8 Å². The predicted octanol–water partition coefficient (Wildman–Crippen LogP) is 21.3. The van der Waals surface area contributed by atoms with E-state index in [0.717, 1.165) is 108 Å². The van der Waals surface area contributed by atoms with Crippen molar-refractivity contribution in [3.05, 3.63) is 0 Å². The third-order valence-corrected chi connectivity index (χ3v) is 19.0. The van der Waals surface area contributed by atoms with Crippen LogP contribution < -0.4 is 0 Å². The van der Waals surface area contributed by atoms with Crippen molar-refractivity contribution in [2.24, 2.45) is 23.7 Å². The van der Waals surface area contributed by atoms with Gasteiger partial charge in [-0.05, 0) is 49.4 Å². The molecule has 93 heavy (non-hydrogen) atoms. The lowest BCUT2D eigenvalue weighted by molar-refractivity contribution is -0.161. The van der Waals surface area contributed by atoms with Crippen LogP contribution in [0.25, 0.3) is 0 Å². The van der Waals surface area contributed by atoms with E-state index in [1.807, 2.05) is 0 Å². The summed E-state index contributed by atoms with van der Waals surface area (Å²) in [6, 6.07) is 0. The number of aliphatic hydroxyl groups is 1. The van der Waals surface area contributed by atoms with Crippen LogP contribution in [0.3, 0.4) is 0 Å². The number of esters is 4. The SMILES string of the molecule is CC(C)CCCCCCCCCCCCCCCCCCC(=O)OC[C@H](COP(=O)(O)OCC(O)COP(=O)(O)OC[C@@H](COC(=O)CCCCCCCCCC(C)C)OC(=O)CCCCCCCCCCCCCC(C)C)OC(=O)CCCCCCCCCC(C)C. The second-order valence-corrected chi connectivity index (χ2v) is 31.5. The molecule has 0 aromatic heterocycles. The molecule has 552 valence electrons. The largest absolute Gasteiger partial charge is 0.472 e. The van der Waals surface area contributed by atoms with E-state index in [2.05, 4.69) is 55.4 Å². The van der Waals surface area contributed by atoms with Gasteiger partial charge >= 0.3 is 39.5 Å². The number of carbonyl (C=O) groups excluding carboxylic acids is 4. The fraction of sp³-hybridized carbons (Fsp3) is 0.946. The summed E-state index contributed by atoms with van der Waals surface area (Å²) in [4.78, 5) is 72.6. The van der Waals surface area contributed by atoms with Gasteiger partial charge in [0.2, 0.25) is 0 Å². The van der Waals surface area contributed by atoms with Gasteiger partial charge in [-0.1, -0.05) is 319 Å². The topological polar surface area (TPSA) is 237 Å². The molecule has 19 heteroatoms. The van der Waals surface area contributed by atoms with Gasteiger partial charge in [-0.15, -0.1) is 0 Å². The number of hydrogen-bond donors (Lipinski definition) is 3. The van der Waals surface area contributed by atoms with Crippen LogP contribution in [0.2, 0.25) is 0 Å². The first kappa shape index (κ1) is 91.1. The zero-order valence-electron chi connectivity index (χ0n) is 60.9. The highest BCUT2D eigenvalue weighted by atomic mass is 31.2. The van der Waals surface area contributed by atoms with E-state index in [4.69, 9.17) is 37.0 Å². The molecule has 3 unspecified atom stereocenters. The molecule has 0 saturated carbocycles. The quantitative estimate of drug-likeness (QED) is 0.0222. The van der Waals surface area contributed by atoms with Crippen LogP contribution in [-0.4, -0.2) is 96.7 Å². The first-order chi connectivity index (χ1) is 44.6. The summed E-state index contributed by atoms with van der Waals surface area (Å²) in [5.41, 5.74) is 0. The number of rotatable bonds is 71. The average Bonchev–Trinajstić information content (AvgIpc) is 3.73. The van der Waals surface area contributed by atoms with E-state index in [1.165, 1.54) is 167 Å². The normalized spacial score (nSPS) is 14.2. The molecule has 0 aromatic carbocycles. The van der Waals surface area contributed by atoms with Gasteiger partial charge in [0.15, 0.2) is 12.2 Å². The number of phosphoric ester groups is 2. The third-order valence-electron chi connectivity index (χ3n) is 17.1. The van der Waals surface area contributed by atoms with Crippen molar-refractivity contribution < 1.29 is 80.2 Å². The van der Waals surface area contributed by atoms with E-state index >= 15 is 0 Å². The summed E-state index contributed by atoms with van der Waals surface area (Å²) in [6.45, 7) is 14.1. The number of phosphoric acid groups is 2. The molecule has 3 N–H and O–H groups in total. The molecular weight excluding hydrogens is 1220 g/mol. The number of ether oxygens (including phenoxy) is 4. The van der Waals surface area contributed by atoms with E-state index in [9.17, 15) is 43.2 Å². The minimum atomic E-state index is -4.95. The van der Waals surface area contributed by atoms with Crippen LogP contribution in [0.15, 0.2) is 0 Å². The summed E-state index contributed by atoms with van der Waals surface area (Å²) in [7, 11) is -9.91. The Morgan fingerprint density at radius 3 is 0.667 bits per heavy atom. The van der Waals surface area contributed by atoms with Gasteiger partial charge in [0.25, 0.3) is 0 Å². The lowest BCUT2D eigenvalue weighted by Crippen LogP contribution is -2.30. The van der Waals surface area contributed by atoms with E-state index in [1.54, 1.807) is 0 Å². The molecule has 0 aromatic rings. The Balaban J connectivity index is 5.18. The Hall–Kier alpha value is -1.94. The average molecular weight is 1370 g/mol. The van der Waals surface area contributed by atoms with Crippen molar-refractivity contribution in [2.45, 2.75) is 388 Å². The van der Waals surface area contributed by atoms with Gasteiger partial charge in [0.05, 0.1) is 26.4 Å². The molecule has 0 heterocycles. The van der Waals surface area contributed by atoms with Crippen molar-refractivity contribution in [3.63, 3.8) is 0 Å². The smallest absolute Gasteiger partial charge is 0.462 e. The maximum absolute atomic E-state index is 13.0. The van der Waals surface area contributed by atoms with Crippen LogP contribution in [0, 0.1) is 23.7 Å². The predicted molar refractivity (Wildman–Crippen MR) is 377 cm³/mol. The Morgan fingerprint density at radius 2 is 0.452 bits per heavy atom. The number of hydrogen-bond acceptors (Lipinski definition) is 15. The minimum Gasteiger partial charge on any atom is -0.462 e. The fourth-order valence-corrected chi connectivity index (χ4v) is 12.8. The lowest BCUT2D eigenvalue weighted by atomic mass is 10.0. The fourth-order valence-electron chi connectivity index (χ4n) is 11.2. The third kappa shape index (κ3) is 68.4. The maximum Gasteiger partial charge on any atom is 0.472 e. The highest BCUT2D eigenvalue weighted by Crippen LogP contribution is 2.45. The molecule has 5 atom stereocenters. The molecule has 0 bridgehead atoms. The molecule has 0 aliphatic heterocycles. The summed E-state index contributed by atoms with van der Waals surface area (Å²) in [6.07, 6.45) is 47.5. The molecule has 0 saturated heterocycles. The zero-order valence-corrected chi connectivity index (χ0v) is 62.7. The van der Waals surface area contributed by atoms with Gasteiger partial charge in [0.1, 0.15) is 19.3 Å². The van der Waals surface area contributed by atoms with E-state index in [-0.39, 0.29) is 25.7 Å². The standard InChI is InChI=1S/C74H144O17P2/c1-64(2)50-42-34-26-20-16-13-11-9-10-12-14-18-22-30-38-46-54-71(76)84-60-70(91-74(79)57-49-41-33-25-29-37-45-53-67(7)8)63-89-93(82,83)87-59-68(75)58-86-92(80,81)88-62-69(61-85-72(77)55-47-39-32-24-28-36-44-52-66(5)6)90-73(78)56-48-40-31-23-19-15-17-21-27-35-43-51-65(3)4/h64-70,75H,9-63H2,1-8H3,(H,80,81)(H,82,83)/t68?,69-,70-/m1/s1. The highest BCUT2D eigenvalue weighted by Gasteiger charge is 2.30. The molecule has 0 aliphatic carbocycles. The highest BCUT2D eigenvalue weighted by molar-refractivity contribution is 7.47. The summed E-state index contributed by atoms with van der Waals surface area (Å²) in [5, 5.41) is 10.6. The van der Waals surface area contributed by atoms with Crippen LogP contribution in [-0.2, 0) is 65.4 Å². The second-order valence-electron chi connectivity index (χ2n) is 28.6. The molecule has 0 amide bonds. The Morgan fingerprint density at radius 1 is 0.269 bits per heavy atom. The van der Waals surface area contributed by atoms with Gasteiger partial charge in [0, 0.05) is 25.7 Å². The molecular formula is C74H144O17P2. The maximum atomic E-state index is 13.0. The van der Waals surface area contributed by atoms with Crippen molar-refractivity contribution in [1.29, 1.82) is 0 Å². The molecule has 0 rings (SSSR count). The molecule has 0 spiro atoms. The van der Waals surface area contributed by atoms with Crippen molar-refractivity contribution in [1.82, 2.24) is 0 Å². The van der Waals surface area contributed by atoms with Crippen molar-refractivity contribution >= 4 is 39.5 Å². The number of carbonyl (C=O) groups is 4. The Labute approximate surface area is 568 Å². The van der Waals surface area contributed by atoms with Crippen molar-refractivity contribution in [3.8, 4) is 0 Å². The lowest BCUT2D eigenvalue weighted by Gasteiger charge is -2.21. The number of aliphatic hydroxyl groups excluding tert-OH is 1. The van der Waals surface area contributed by atoms with E-state index in [0.29, 0.717) is 37.5 Å². The van der Waals surface area contributed by atoms with Crippen LogP contribution in [0.1, 0.15) is 370 Å². The zero-order chi connectivity index (χ0) is 68.9. The van der Waals surface area contributed by atoms with Gasteiger partial charge in [-0.3, -0.25) is 37.3 Å². The molecule has 0 fully saturated rings. The number of unbranched alkanes of at least 4 members (excludes halogenated alkanes) is 37. The van der Waals surface area contributed by atoms with Gasteiger partial charge in [-0.25, -0.2) is 9.13 Å². The monoisotopic (exact) mass is 1370 g/mol. The molecule has 0 radical (unpaired) electrons. The Kier molecular flexibility index (Phi) is 62.2. The summed E-state index contributed by atoms with van der Waals surface area (Å²) < 4.78 is 68.4. The summed E-state index contributed by atoms with van der Waals surface area (Å²) in [5.74, 6) is 0.852. The van der Waals surface area contributed by atoms with Crippen LogP contribution in [0.4, 0.5) is 0 Å².